The molecule has 1 aromatic rings. The van der Waals surface area contributed by atoms with Crippen molar-refractivity contribution in [2.24, 2.45) is 10.9 Å². The molecule has 0 aromatic heterocycles. The van der Waals surface area contributed by atoms with Gasteiger partial charge in [0.1, 0.15) is 5.82 Å². The molecule has 0 atom stereocenters. The molecule has 0 radical (unpaired) electrons. The van der Waals surface area contributed by atoms with Crippen LogP contribution in [0.25, 0.3) is 0 Å². The van der Waals surface area contributed by atoms with E-state index in [4.69, 9.17) is 9.73 Å². The summed E-state index contributed by atoms with van der Waals surface area (Å²) in [5.74, 6) is 0.457. The molecular weight excluding hydrogens is 333 g/mol. The molecule has 0 aliphatic carbocycles. The Hall–Kier alpha value is -2.11. The predicted octanol–water partition coefficient (Wildman–Crippen LogP) is 2.95. The zero-order chi connectivity index (χ0) is 19.2. The molecule has 0 saturated carbocycles. The van der Waals surface area contributed by atoms with Crippen LogP contribution in [-0.2, 0) is 14.9 Å². The fraction of sp³-hybridized carbons (Fsp3) is 0.600. The molecule has 1 N–H and O–H groups in total. The van der Waals surface area contributed by atoms with E-state index in [1.54, 1.807) is 6.07 Å². The van der Waals surface area contributed by atoms with Crippen LogP contribution in [0.1, 0.15) is 39.2 Å². The molecule has 144 valence electrons. The zero-order valence-corrected chi connectivity index (χ0v) is 16.2. The lowest BCUT2D eigenvalue weighted by Crippen LogP contribution is -2.47. The number of hydrogen-bond acceptors (Lipinski definition) is 3. The predicted molar refractivity (Wildman–Crippen MR) is 102 cm³/mol. The highest BCUT2D eigenvalue weighted by Gasteiger charge is 2.28. The number of benzene rings is 1. The summed E-state index contributed by atoms with van der Waals surface area (Å²) in [6.45, 7) is 8.78. The van der Waals surface area contributed by atoms with Crippen molar-refractivity contribution in [1.29, 1.82) is 0 Å². The van der Waals surface area contributed by atoms with E-state index in [0.29, 0.717) is 12.1 Å². The van der Waals surface area contributed by atoms with E-state index < -0.39 is 5.41 Å². The quantitative estimate of drug-likeness (QED) is 0.496. The zero-order valence-electron chi connectivity index (χ0n) is 16.2. The SMILES string of the molecule is CCNC(=NCC(C)(C)c1ccccc1F)N1CCC(C(=O)OC)CC1. The van der Waals surface area contributed by atoms with E-state index >= 15 is 0 Å². The number of piperidine rings is 1. The van der Waals surface area contributed by atoms with Gasteiger partial charge in [0.25, 0.3) is 0 Å². The first kappa shape index (κ1) is 20.2. The van der Waals surface area contributed by atoms with Gasteiger partial charge in [-0.25, -0.2) is 4.39 Å². The number of carbonyl (C=O) groups is 1. The monoisotopic (exact) mass is 363 g/mol. The van der Waals surface area contributed by atoms with Crippen molar-refractivity contribution in [2.75, 3.05) is 33.3 Å². The molecule has 0 bridgehead atoms. The summed E-state index contributed by atoms with van der Waals surface area (Å²) >= 11 is 0. The van der Waals surface area contributed by atoms with E-state index in [-0.39, 0.29) is 17.7 Å². The van der Waals surface area contributed by atoms with Crippen LogP contribution in [0.3, 0.4) is 0 Å². The lowest BCUT2D eigenvalue weighted by molar-refractivity contribution is -0.146. The first-order valence-corrected chi connectivity index (χ1v) is 9.25. The van der Waals surface area contributed by atoms with Crippen molar-refractivity contribution in [3.63, 3.8) is 0 Å². The van der Waals surface area contributed by atoms with Crippen LogP contribution in [0, 0.1) is 11.7 Å². The smallest absolute Gasteiger partial charge is 0.308 e. The van der Waals surface area contributed by atoms with Crippen LogP contribution >= 0.6 is 0 Å². The molecule has 0 spiro atoms. The second-order valence-corrected chi connectivity index (χ2v) is 7.32. The topological polar surface area (TPSA) is 53.9 Å². The average molecular weight is 363 g/mol. The highest BCUT2D eigenvalue weighted by Crippen LogP contribution is 2.26. The second-order valence-electron chi connectivity index (χ2n) is 7.32. The van der Waals surface area contributed by atoms with Gasteiger partial charge in [-0.05, 0) is 31.4 Å². The van der Waals surface area contributed by atoms with Gasteiger partial charge in [0.15, 0.2) is 5.96 Å². The molecule has 6 heteroatoms. The van der Waals surface area contributed by atoms with E-state index in [9.17, 15) is 9.18 Å². The minimum atomic E-state index is -0.406. The van der Waals surface area contributed by atoms with E-state index in [0.717, 1.165) is 38.4 Å². The van der Waals surface area contributed by atoms with E-state index in [1.165, 1.54) is 13.2 Å². The van der Waals surface area contributed by atoms with Crippen LogP contribution < -0.4 is 5.32 Å². The summed E-state index contributed by atoms with van der Waals surface area (Å²) in [7, 11) is 1.44. The molecule has 1 saturated heterocycles. The third-order valence-corrected chi connectivity index (χ3v) is 4.89. The average Bonchev–Trinajstić information content (AvgIpc) is 2.65. The van der Waals surface area contributed by atoms with Crippen LogP contribution in [0.2, 0.25) is 0 Å². The van der Waals surface area contributed by atoms with Gasteiger partial charge in [-0.1, -0.05) is 32.0 Å². The molecular formula is C20H30FN3O2. The maximum Gasteiger partial charge on any atom is 0.308 e. The molecule has 1 heterocycles. The van der Waals surface area contributed by atoms with Crippen LogP contribution in [-0.4, -0.2) is 50.1 Å². The molecule has 26 heavy (non-hydrogen) atoms. The summed E-state index contributed by atoms with van der Waals surface area (Å²) in [5.41, 5.74) is 0.264. The maximum atomic E-state index is 14.1. The van der Waals surface area contributed by atoms with Gasteiger partial charge in [0.2, 0.25) is 0 Å². The maximum absolute atomic E-state index is 14.1. The van der Waals surface area contributed by atoms with Gasteiger partial charge in [0, 0.05) is 25.0 Å². The van der Waals surface area contributed by atoms with Gasteiger partial charge in [-0.15, -0.1) is 0 Å². The Bertz CT molecular complexity index is 638. The highest BCUT2D eigenvalue weighted by atomic mass is 19.1. The number of hydrogen-bond donors (Lipinski definition) is 1. The minimum absolute atomic E-state index is 0.0333. The minimum Gasteiger partial charge on any atom is -0.469 e. The van der Waals surface area contributed by atoms with E-state index in [2.05, 4.69) is 10.2 Å². The van der Waals surface area contributed by atoms with Gasteiger partial charge in [-0.2, -0.15) is 0 Å². The van der Waals surface area contributed by atoms with Crippen molar-refractivity contribution in [3.8, 4) is 0 Å². The standard InChI is InChI=1S/C20H30FN3O2/c1-5-22-19(24-12-10-15(11-13-24)18(25)26-4)23-14-20(2,3)16-8-6-7-9-17(16)21/h6-9,15H,5,10-14H2,1-4H3,(H,22,23). The molecule has 1 aliphatic rings. The largest absolute Gasteiger partial charge is 0.469 e. The third-order valence-electron chi connectivity index (χ3n) is 4.89. The first-order chi connectivity index (χ1) is 12.4. The number of nitrogens with one attached hydrogen (secondary N) is 1. The number of rotatable bonds is 5. The molecule has 0 unspecified atom stereocenters. The van der Waals surface area contributed by atoms with Crippen LogP contribution in [0.15, 0.2) is 29.3 Å². The van der Waals surface area contributed by atoms with Gasteiger partial charge in [-0.3, -0.25) is 9.79 Å². The van der Waals surface area contributed by atoms with Gasteiger partial charge >= 0.3 is 5.97 Å². The number of carbonyl (C=O) groups excluding carboxylic acids is 1. The number of ether oxygens (including phenoxy) is 1. The normalized spacial score (nSPS) is 16.5. The fourth-order valence-electron chi connectivity index (χ4n) is 3.29. The Balaban J connectivity index is 2.07. The van der Waals surface area contributed by atoms with Crippen molar-refractivity contribution in [2.45, 2.75) is 39.0 Å². The summed E-state index contributed by atoms with van der Waals surface area (Å²) in [6, 6.07) is 6.86. The Morgan fingerprint density at radius 1 is 1.35 bits per heavy atom. The number of esters is 1. The Morgan fingerprint density at radius 2 is 2.00 bits per heavy atom. The number of likely N-dealkylation sites (tertiary alicyclic amines) is 1. The fourth-order valence-corrected chi connectivity index (χ4v) is 3.29. The Kier molecular flexibility index (Phi) is 7.00. The number of methoxy groups -OCH3 is 1. The van der Waals surface area contributed by atoms with Crippen molar-refractivity contribution in [3.05, 3.63) is 35.6 Å². The van der Waals surface area contributed by atoms with Crippen LogP contribution in [0.4, 0.5) is 4.39 Å². The molecule has 0 amide bonds. The van der Waals surface area contributed by atoms with Crippen molar-refractivity contribution < 1.29 is 13.9 Å². The number of nitrogens with zero attached hydrogens (tertiary/aromatic N) is 2. The summed E-state index contributed by atoms with van der Waals surface area (Å²) in [4.78, 5) is 18.6. The first-order valence-electron chi connectivity index (χ1n) is 9.25. The van der Waals surface area contributed by atoms with Crippen molar-refractivity contribution >= 4 is 11.9 Å². The lowest BCUT2D eigenvalue weighted by atomic mass is 9.84. The lowest BCUT2D eigenvalue weighted by Gasteiger charge is -2.34. The number of guanidine groups is 1. The molecule has 2 rings (SSSR count). The van der Waals surface area contributed by atoms with Gasteiger partial charge < -0.3 is 15.0 Å². The van der Waals surface area contributed by atoms with Crippen LogP contribution in [0.5, 0.6) is 0 Å². The van der Waals surface area contributed by atoms with E-state index in [1.807, 2.05) is 32.9 Å². The van der Waals surface area contributed by atoms with Gasteiger partial charge in [0.05, 0.1) is 19.6 Å². The summed E-state index contributed by atoms with van der Waals surface area (Å²) in [6.07, 6.45) is 1.52. The molecule has 1 aromatic carbocycles. The Morgan fingerprint density at radius 3 is 2.58 bits per heavy atom. The molecule has 1 aliphatic heterocycles. The Labute approximate surface area is 155 Å². The molecule has 5 nitrogen and oxygen atoms in total. The third kappa shape index (κ3) is 4.96. The summed E-state index contributed by atoms with van der Waals surface area (Å²) in [5, 5.41) is 3.32. The molecule has 1 fully saturated rings. The number of aliphatic imine (C=N–C) groups is 1. The number of halogens is 1. The van der Waals surface area contributed by atoms with Crippen molar-refractivity contribution in [1.82, 2.24) is 10.2 Å². The highest BCUT2D eigenvalue weighted by molar-refractivity contribution is 5.80. The summed E-state index contributed by atoms with van der Waals surface area (Å²) < 4.78 is 19.0. The second kappa shape index (κ2) is 9.01.